The van der Waals surface area contributed by atoms with Gasteiger partial charge in [-0.25, -0.2) is 0 Å². The van der Waals surface area contributed by atoms with Gasteiger partial charge in [-0.05, 0) is 42.0 Å². The lowest BCUT2D eigenvalue weighted by atomic mass is 10.1. The Balaban J connectivity index is 2.01. The van der Waals surface area contributed by atoms with E-state index in [0.717, 1.165) is 11.3 Å². The van der Waals surface area contributed by atoms with Gasteiger partial charge in [0.2, 0.25) is 0 Å². The highest BCUT2D eigenvalue weighted by molar-refractivity contribution is 5.69. The van der Waals surface area contributed by atoms with Gasteiger partial charge in [-0.2, -0.15) is 0 Å². The molecule has 6 nitrogen and oxygen atoms in total. The molecule has 0 spiro atoms. The Labute approximate surface area is 135 Å². The number of ether oxygens (including phenoxy) is 1. The maximum absolute atomic E-state index is 8.86. The second-order valence-corrected chi connectivity index (χ2v) is 5.00. The molecule has 0 bridgehead atoms. The van der Waals surface area contributed by atoms with Crippen molar-refractivity contribution in [1.29, 1.82) is 0 Å². The Morgan fingerprint density at radius 1 is 1.04 bits per heavy atom. The van der Waals surface area contributed by atoms with Crippen LogP contribution in [0, 0.1) is 0 Å². The number of nitrogens with two attached hydrogens (primary N) is 3. The summed E-state index contributed by atoms with van der Waals surface area (Å²) in [5.41, 5.74) is 21.1. The van der Waals surface area contributed by atoms with Crippen molar-refractivity contribution in [3.8, 4) is 5.75 Å². The summed E-state index contributed by atoms with van der Waals surface area (Å²) in [5, 5.41) is 12.1. The van der Waals surface area contributed by atoms with Crippen LogP contribution in [0.1, 0.15) is 5.56 Å². The molecule has 2 aromatic carbocycles. The Morgan fingerprint density at radius 2 is 1.78 bits per heavy atom. The van der Waals surface area contributed by atoms with Crippen molar-refractivity contribution in [3.63, 3.8) is 0 Å². The van der Waals surface area contributed by atoms with Gasteiger partial charge < -0.3 is 32.4 Å². The number of anilines is 4. The second kappa shape index (κ2) is 7.95. The summed E-state index contributed by atoms with van der Waals surface area (Å²) in [5.74, 6) is 0.644. The lowest BCUT2D eigenvalue weighted by molar-refractivity contribution is 0.202. The predicted molar refractivity (Wildman–Crippen MR) is 96.2 cm³/mol. The number of aliphatic hydroxyl groups is 1. The van der Waals surface area contributed by atoms with Gasteiger partial charge >= 0.3 is 0 Å². The van der Waals surface area contributed by atoms with Crippen molar-refractivity contribution in [2.75, 3.05) is 42.3 Å². The number of hydrogen-bond acceptors (Lipinski definition) is 6. The quantitative estimate of drug-likeness (QED) is 0.498. The Hall–Kier alpha value is -2.86. The number of benzene rings is 2. The fraction of sp³-hybridized carbons (Fsp3) is 0.176. The number of hydrogen-bond donors (Lipinski definition) is 5. The standard InChI is InChI=1S/C17H22N4O2/c18-13-3-5-15(20)12(10-13)2-1-7-21-16-11-14(19)4-6-17(16)23-9-8-22/h1-6,10-11,21-22H,7-9,18-20H2. The van der Waals surface area contributed by atoms with E-state index in [4.69, 9.17) is 27.0 Å². The maximum Gasteiger partial charge on any atom is 0.142 e. The molecular weight excluding hydrogens is 292 g/mol. The average Bonchev–Trinajstić information content (AvgIpc) is 2.54. The summed E-state index contributed by atoms with van der Waals surface area (Å²) in [6.07, 6.45) is 3.84. The lowest BCUT2D eigenvalue weighted by Crippen LogP contribution is -2.06. The van der Waals surface area contributed by atoms with Crippen molar-refractivity contribution in [2.45, 2.75) is 0 Å². The SMILES string of the molecule is Nc1ccc(N)c(C=CCNc2cc(N)ccc2OCCO)c1. The van der Waals surface area contributed by atoms with E-state index in [1.807, 2.05) is 18.2 Å². The largest absolute Gasteiger partial charge is 0.489 e. The molecule has 23 heavy (non-hydrogen) atoms. The first-order valence-corrected chi connectivity index (χ1v) is 7.28. The smallest absolute Gasteiger partial charge is 0.142 e. The van der Waals surface area contributed by atoms with Gasteiger partial charge in [-0.3, -0.25) is 0 Å². The minimum Gasteiger partial charge on any atom is -0.489 e. The molecule has 0 atom stereocenters. The van der Waals surface area contributed by atoms with E-state index < -0.39 is 0 Å². The van der Waals surface area contributed by atoms with Crippen LogP contribution in [0.25, 0.3) is 6.08 Å². The van der Waals surface area contributed by atoms with Gasteiger partial charge in [0.15, 0.2) is 0 Å². The zero-order valence-corrected chi connectivity index (χ0v) is 12.8. The maximum atomic E-state index is 8.86. The normalized spacial score (nSPS) is 10.8. The molecule has 6 heteroatoms. The third-order valence-electron chi connectivity index (χ3n) is 3.17. The van der Waals surface area contributed by atoms with Gasteiger partial charge in [-0.15, -0.1) is 0 Å². The molecule has 2 rings (SSSR count). The highest BCUT2D eigenvalue weighted by Crippen LogP contribution is 2.26. The molecule has 0 aromatic heterocycles. The molecule has 2 aromatic rings. The van der Waals surface area contributed by atoms with Crippen LogP contribution >= 0.6 is 0 Å². The number of nitrogens with one attached hydrogen (secondary N) is 1. The van der Waals surface area contributed by atoms with Crippen LogP contribution in [0.3, 0.4) is 0 Å². The fourth-order valence-electron chi connectivity index (χ4n) is 2.06. The molecule has 0 radical (unpaired) electrons. The van der Waals surface area contributed by atoms with E-state index in [-0.39, 0.29) is 13.2 Å². The van der Waals surface area contributed by atoms with Crippen LogP contribution < -0.4 is 27.3 Å². The van der Waals surface area contributed by atoms with Gasteiger partial charge in [-0.1, -0.05) is 12.2 Å². The number of rotatable bonds is 7. The molecule has 0 saturated heterocycles. The Morgan fingerprint density at radius 3 is 2.57 bits per heavy atom. The zero-order chi connectivity index (χ0) is 16.7. The highest BCUT2D eigenvalue weighted by atomic mass is 16.5. The van der Waals surface area contributed by atoms with Crippen molar-refractivity contribution < 1.29 is 9.84 Å². The summed E-state index contributed by atoms with van der Waals surface area (Å²) >= 11 is 0. The molecule has 0 amide bonds. The zero-order valence-electron chi connectivity index (χ0n) is 12.8. The van der Waals surface area contributed by atoms with Crippen LogP contribution in [0.15, 0.2) is 42.5 Å². The summed E-state index contributed by atoms with van der Waals surface area (Å²) in [6.45, 7) is 0.750. The van der Waals surface area contributed by atoms with Crippen LogP contribution in [0.4, 0.5) is 22.7 Å². The third kappa shape index (κ3) is 4.82. The first-order chi connectivity index (χ1) is 11.1. The predicted octanol–water partition coefficient (Wildman–Crippen LogP) is 1.93. The molecule has 0 saturated carbocycles. The first-order valence-electron chi connectivity index (χ1n) is 7.28. The molecular formula is C17H22N4O2. The molecule has 0 aliphatic carbocycles. The Kier molecular flexibility index (Phi) is 5.71. The first kappa shape index (κ1) is 16.5. The van der Waals surface area contributed by atoms with Crippen LogP contribution in [0.5, 0.6) is 5.75 Å². The third-order valence-corrected chi connectivity index (χ3v) is 3.17. The summed E-state index contributed by atoms with van der Waals surface area (Å²) in [6, 6.07) is 10.7. The van der Waals surface area contributed by atoms with E-state index in [1.54, 1.807) is 30.3 Å². The number of aliphatic hydroxyl groups excluding tert-OH is 1. The summed E-state index contributed by atoms with van der Waals surface area (Å²) in [7, 11) is 0. The summed E-state index contributed by atoms with van der Waals surface area (Å²) in [4.78, 5) is 0. The van der Waals surface area contributed by atoms with E-state index in [1.165, 1.54) is 0 Å². The van der Waals surface area contributed by atoms with Gasteiger partial charge in [0.25, 0.3) is 0 Å². The van der Waals surface area contributed by atoms with E-state index in [0.29, 0.717) is 29.4 Å². The van der Waals surface area contributed by atoms with E-state index in [2.05, 4.69) is 5.32 Å². The lowest BCUT2D eigenvalue weighted by Gasteiger charge is -2.12. The molecule has 0 heterocycles. The Bertz CT molecular complexity index is 686. The molecule has 0 aliphatic rings. The average molecular weight is 314 g/mol. The van der Waals surface area contributed by atoms with Gasteiger partial charge in [0, 0.05) is 23.6 Å². The molecule has 8 N–H and O–H groups in total. The van der Waals surface area contributed by atoms with Gasteiger partial charge in [0.05, 0.1) is 12.3 Å². The fourth-order valence-corrected chi connectivity index (χ4v) is 2.06. The topological polar surface area (TPSA) is 120 Å². The summed E-state index contributed by atoms with van der Waals surface area (Å²) < 4.78 is 5.46. The van der Waals surface area contributed by atoms with E-state index >= 15 is 0 Å². The second-order valence-electron chi connectivity index (χ2n) is 5.00. The van der Waals surface area contributed by atoms with Crippen molar-refractivity contribution >= 4 is 28.8 Å². The minimum absolute atomic E-state index is 0.0432. The molecule has 0 unspecified atom stereocenters. The van der Waals surface area contributed by atoms with Crippen molar-refractivity contribution in [3.05, 3.63) is 48.0 Å². The molecule has 122 valence electrons. The monoisotopic (exact) mass is 314 g/mol. The van der Waals surface area contributed by atoms with Crippen LogP contribution in [-0.2, 0) is 0 Å². The van der Waals surface area contributed by atoms with Gasteiger partial charge in [0.1, 0.15) is 12.4 Å². The van der Waals surface area contributed by atoms with Crippen molar-refractivity contribution in [1.82, 2.24) is 0 Å². The molecule has 0 aliphatic heterocycles. The molecule has 0 fully saturated rings. The number of nitrogen functional groups attached to an aromatic ring is 3. The van der Waals surface area contributed by atoms with E-state index in [9.17, 15) is 0 Å². The van der Waals surface area contributed by atoms with Crippen molar-refractivity contribution in [2.24, 2.45) is 0 Å². The van der Waals surface area contributed by atoms with Crippen LogP contribution in [0.2, 0.25) is 0 Å². The van der Waals surface area contributed by atoms with Crippen LogP contribution in [-0.4, -0.2) is 24.9 Å². The highest BCUT2D eigenvalue weighted by Gasteiger charge is 2.03. The minimum atomic E-state index is -0.0432.